The molecule has 0 amide bonds. The third kappa shape index (κ3) is 4.61. The number of hydrogen-bond acceptors (Lipinski definition) is 0. The molecule has 0 aromatic heterocycles. The first-order valence-corrected chi connectivity index (χ1v) is 10.5. The highest BCUT2D eigenvalue weighted by Crippen LogP contribution is 2.40. The molecule has 0 nitrogen and oxygen atoms in total. The summed E-state index contributed by atoms with van der Waals surface area (Å²) in [5.74, 6) is 3.15. The highest BCUT2D eigenvalue weighted by atomic mass is 19.1. The number of alkyl halides is 1. The van der Waals surface area contributed by atoms with E-state index in [1.807, 2.05) is 0 Å². The summed E-state index contributed by atoms with van der Waals surface area (Å²) >= 11 is 0. The molecule has 1 heteroatoms. The molecule has 2 aliphatic rings. The van der Waals surface area contributed by atoms with Crippen molar-refractivity contribution in [3.05, 3.63) is 35.4 Å². The van der Waals surface area contributed by atoms with E-state index < -0.39 is 0 Å². The van der Waals surface area contributed by atoms with Crippen molar-refractivity contribution in [3.8, 4) is 0 Å². The van der Waals surface area contributed by atoms with Crippen LogP contribution in [0.15, 0.2) is 24.3 Å². The van der Waals surface area contributed by atoms with Gasteiger partial charge in [0.1, 0.15) is 0 Å². The molecule has 1 aromatic carbocycles. The van der Waals surface area contributed by atoms with E-state index in [1.54, 1.807) is 5.56 Å². The van der Waals surface area contributed by atoms with Crippen LogP contribution in [0, 0.1) is 11.8 Å². The van der Waals surface area contributed by atoms with E-state index in [4.69, 9.17) is 0 Å². The minimum absolute atomic E-state index is 0.134. The van der Waals surface area contributed by atoms with Crippen LogP contribution < -0.4 is 0 Å². The van der Waals surface area contributed by atoms with Crippen LogP contribution in [0.5, 0.6) is 0 Å². The smallest absolute Gasteiger partial charge is 0.0897 e. The van der Waals surface area contributed by atoms with Gasteiger partial charge in [0, 0.05) is 0 Å². The van der Waals surface area contributed by atoms with Gasteiger partial charge in [-0.3, -0.25) is 4.39 Å². The van der Waals surface area contributed by atoms with Gasteiger partial charge in [-0.1, -0.05) is 44.0 Å². The second-order valence-electron chi connectivity index (χ2n) is 8.37. The average molecular weight is 331 g/mol. The number of hydrogen-bond donors (Lipinski definition) is 0. The molecule has 24 heavy (non-hydrogen) atoms. The van der Waals surface area contributed by atoms with Crippen molar-refractivity contribution in [2.45, 2.75) is 89.4 Å². The number of halogens is 1. The molecule has 0 radical (unpaired) electrons. The van der Waals surface area contributed by atoms with E-state index in [9.17, 15) is 4.39 Å². The molecule has 2 aliphatic carbocycles. The molecule has 134 valence electrons. The molecular weight excluding hydrogens is 295 g/mol. The lowest BCUT2D eigenvalue weighted by Gasteiger charge is -2.30. The van der Waals surface area contributed by atoms with Gasteiger partial charge in [-0.05, 0) is 92.6 Å². The maximum absolute atomic E-state index is 12.5. The highest BCUT2D eigenvalue weighted by molar-refractivity contribution is 5.28. The highest BCUT2D eigenvalue weighted by Gasteiger charge is 2.24. The largest absolute Gasteiger partial charge is 0.251 e. The topological polar surface area (TPSA) is 0 Å². The van der Waals surface area contributed by atoms with Crippen LogP contribution in [0.2, 0.25) is 0 Å². The van der Waals surface area contributed by atoms with Gasteiger partial charge < -0.3 is 0 Å². The minimum Gasteiger partial charge on any atom is -0.251 e. The van der Waals surface area contributed by atoms with Crippen LogP contribution in [-0.4, -0.2) is 6.67 Å². The standard InChI is InChI=1S/C23H35F/c1-2-3-18-4-8-20(9-5-18)22-12-14-23(15-13-22)21-10-6-19(7-11-21)16-17-24/h12-15,18-21H,2-11,16-17H2,1H3. The predicted octanol–water partition coefficient (Wildman–Crippen LogP) is 7.39. The zero-order valence-corrected chi connectivity index (χ0v) is 15.5. The fraction of sp³-hybridized carbons (Fsp3) is 0.739. The third-order valence-corrected chi connectivity index (χ3v) is 6.79. The zero-order chi connectivity index (χ0) is 16.8. The van der Waals surface area contributed by atoms with Gasteiger partial charge >= 0.3 is 0 Å². The monoisotopic (exact) mass is 330 g/mol. The Morgan fingerprint density at radius 2 is 1.12 bits per heavy atom. The lowest BCUT2D eigenvalue weighted by molar-refractivity contribution is 0.283. The Hall–Kier alpha value is -0.850. The van der Waals surface area contributed by atoms with E-state index in [0.717, 1.165) is 24.2 Å². The van der Waals surface area contributed by atoms with Crippen molar-refractivity contribution in [1.82, 2.24) is 0 Å². The van der Waals surface area contributed by atoms with Gasteiger partial charge in [0.05, 0.1) is 6.67 Å². The van der Waals surface area contributed by atoms with Crippen molar-refractivity contribution in [3.63, 3.8) is 0 Å². The quantitative estimate of drug-likeness (QED) is 0.510. The van der Waals surface area contributed by atoms with Gasteiger partial charge in [-0.15, -0.1) is 0 Å². The molecule has 0 spiro atoms. The second kappa shape index (κ2) is 9.02. The Morgan fingerprint density at radius 1 is 0.708 bits per heavy atom. The van der Waals surface area contributed by atoms with Gasteiger partial charge in [-0.2, -0.15) is 0 Å². The van der Waals surface area contributed by atoms with Crippen molar-refractivity contribution in [2.24, 2.45) is 11.8 Å². The van der Waals surface area contributed by atoms with Gasteiger partial charge in [0.2, 0.25) is 0 Å². The summed E-state index contributed by atoms with van der Waals surface area (Å²) in [6, 6.07) is 9.61. The normalized spacial score (nSPS) is 31.1. The molecule has 0 heterocycles. The van der Waals surface area contributed by atoms with E-state index in [2.05, 4.69) is 31.2 Å². The zero-order valence-electron chi connectivity index (χ0n) is 15.5. The SMILES string of the molecule is CCCC1CCC(c2ccc(C3CCC(CCF)CC3)cc2)CC1. The summed E-state index contributed by atoms with van der Waals surface area (Å²) < 4.78 is 12.5. The third-order valence-electron chi connectivity index (χ3n) is 6.79. The number of rotatable bonds is 6. The molecule has 1 aromatic rings. The molecule has 0 bridgehead atoms. The lowest BCUT2D eigenvalue weighted by atomic mass is 9.75. The molecule has 0 atom stereocenters. The predicted molar refractivity (Wildman–Crippen MR) is 101 cm³/mol. The summed E-state index contributed by atoms with van der Waals surface area (Å²) in [5.41, 5.74) is 3.09. The Labute approximate surface area is 148 Å². The minimum atomic E-state index is -0.134. The molecular formula is C23H35F. The maximum Gasteiger partial charge on any atom is 0.0897 e. The van der Waals surface area contributed by atoms with Crippen LogP contribution in [0.3, 0.4) is 0 Å². The Balaban J connectivity index is 1.51. The summed E-state index contributed by atoms with van der Waals surface area (Å²) in [6.45, 7) is 2.18. The van der Waals surface area contributed by atoms with Crippen molar-refractivity contribution in [1.29, 1.82) is 0 Å². The van der Waals surface area contributed by atoms with Crippen LogP contribution in [-0.2, 0) is 0 Å². The second-order valence-corrected chi connectivity index (χ2v) is 8.37. The summed E-state index contributed by atoms with van der Waals surface area (Å²) in [6.07, 6.45) is 14.1. The number of benzene rings is 1. The van der Waals surface area contributed by atoms with Crippen LogP contribution in [0.25, 0.3) is 0 Å². The molecule has 2 fully saturated rings. The summed E-state index contributed by atoms with van der Waals surface area (Å²) in [5, 5.41) is 0. The first kappa shape index (κ1) is 18.0. The molecule has 0 saturated heterocycles. The first-order chi connectivity index (χ1) is 11.8. The van der Waals surface area contributed by atoms with Gasteiger partial charge in [-0.25, -0.2) is 0 Å². The van der Waals surface area contributed by atoms with Crippen molar-refractivity contribution >= 4 is 0 Å². The fourth-order valence-electron chi connectivity index (χ4n) is 5.17. The Bertz CT molecular complexity index is 416. The summed E-state index contributed by atoms with van der Waals surface area (Å²) in [4.78, 5) is 0. The van der Waals surface area contributed by atoms with Crippen LogP contribution in [0.1, 0.15) is 101 Å². The molecule has 0 N–H and O–H groups in total. The first-order valence-electron chi connectivity index (χ1n) is 10.5. The summed E-state index contributed by atoms with van der Waals surface area (Å²) in [7, 11) is 0. The van der Waals surface area contributed by atoms with Crippen LogP contribution >= 0.6 is 0 Å². The van der Waals surface area contributed by atoms with Gasteiger partial charge in [0.15, 0.2) is 0 Å². The van der Waals surface area contributed by atoms with Crippen molar-refractivity contribution < 1.29 is 4.39 Å². The fourth-order valence-corrected chi connectivity index (χ4v) is 5.17. The van der Waals surface area contributed by atoms with Crippen LogP contribution in [0.4, 0.5) is 4.39 Å². The average Bonchev–Trinajstić information content (AvgIpc) is 2.64. The molecule has 3 rings (SSSR count). The van der Waals surface area contributed by atoms with E-state index in [0.29, 0.717) is 5.92 Å². The van der Waals surface area contributed by atoms with E-state index >= 15 is 0 Å². The molecule has 2 saturated carbocycles. The maximum atomic E-state index is 12.5. The van der Waals surface area contributed by atoms with E-state index in [1.165, 1.54) is 69.8 Å². The van der Waals surface area contributed by atoms with Gasteiger partial charge in [0.25, 0.3) is 0 Å². The molecule has 0 unspecified atom stereocenters. The van der Waals surface area contributed by atoms with Crippen molar-refractivity contribution in [2.75, 3.05) is 6.67 Å². The molecule has 0 aliphatic heterocycles. The lowest BCUT2D eigenvalue weighted by Crippen LogP contribution is -2.15. The van der Waals surface area contributed by atoms with E-state index in [-0.39, 0.29) is 6.67 Å². The Kier molecular flexibility index (Phi) is 6.75. The Morgan fingerprint density at radius 3 is 1.50 bits per heavy atom.